The number of likely N-dealkylation sites (N-methyl/N-ethyl adjacent to an activating group) is 1. The Hall–Kier alpha value is -2.42. The lowest BCUT2D eigenvalue weighted by Gasteiger charge is -2.14. The van der Waals surface area contributed by atoms with Gasteiger partial charge in [-0.25, -0.2) is 13.6 Å². The topological polar surface area (TPSA) is 103 Å². The van der Waals surface area contributed by atoms with Crippen LogP contribution in [0, 0.1) is 0 Å². The number of amides is 1. The minimum Gasteiger partial charge on any atom is -0.497 e. The highest BCUT2D eigenvalue weighted by molar-refractivity contribution is 7.89. The normalized spacial score (nSPS) is 12.4. The number of sulfonamides is 1. The molecule has 27 heavy (non-hydrogen) atoms. The molecule has 2 rings (SSSR count). The molecular weight excluding hydrogens is 366 g/mol. The minimum absolute atomic E-state index is 0.0310. The zero-order valence-corrected chi connectivity index (χ0v) is 16.4. The molecule has 0 aliphatic heterocycles. The van der Waals surface area contributed by atoms with Gasteiger partial charge >= 0.3 is 0 Å². The molecule has 7 nitrogen and oxygen atoms in total. The Balaban J connectivity index is 1.75. The summed E-state index contributed by atoms with van der Waals surface area (Å²) in [4.78, 5) is 13.2. The molecule has 0 aliphatic carbocycles. The van der Waals surface area contributed by atoms with Crippen LogP contribution < -0.4 is 20.1 Å². The lowest BCUT2D eigenvalue weighted by molar-refractivity contribution is -0.885. The largest absolute Gasteiger partial charge is 0.497 e. The number of rotatable bonds is 9. The van der Waals surface area contributed by atoms with Crippen molar-refractivity contribution >= 4 is 15.9 Å². The number of hydrogen-bond donors (Lipinski definition) is 3. The number of nitrogens with one attached hydrogen (secondary N) is 2. The van der Waals surface area contributed by atoms with Crippen LogP contribution in [0.25, 0.3) is 0 Å². The third kappa shape index (κ3) is 7.01. The van der Waals surface area contributed by atoms with Crippen molar-refractivity contribution in [2.45, 2.75) is 17.9 Å². The molecule has 2 aromatic carbocycles. The predicted octanol–water partition coefficient (Wildman–Crippen LogP) is -0.284. The fraction of sp³-hybridized carbons (Fsp3) is 0.316. The van der Waals surface area contributed by atoms with Crippen LogP contribution in [0.4, 0.5) is 0 Å². The number of methoxy groups -OCH3 is 1. The molecule has 0 aliphatic rings. The lowest BCUT2D eigenvalue weighted by Crippen LogP contribution is -3.08. The summed E-state index contributed by atoms with van der Waals surface area (Å²) in [6.07, 6.45) is 0.617. The van der Waals surface area contributed by atoms with Gasteiger partial charge in [0.05, 0.1) is 19.1 Å². The first-order valence-corrected chi connectivity index (χ1v) is 10.2. The Bertz CT molecular complexity index is 867. The van der Waals surface area contributed by atoms with Crippen molar-refractivity contribution in [3.05, 3.63) is 59.7 Å². The maximum Gasteiger partial charge on any atom is 0.275 e. The van der Waals surface area contributed by atoms with Crippen molar-refractivity contribution in [3.63, 3.8) is 0 Å². The summed E-state index contributed by atoms with van der Waals surface area (Å²) in [5.74, 6) is 0.773. The van der Waals surface area contributed by atoms with Gasteiger partial charge in [-0.05, 0) is 36.2 Å². The van der Waals surface area contributed by atoms with E-state index in [9.17, 15) is 13.2 Å². The van der Waals surface area contributed by atoms with Gasteiger partial charge < -0.3 is 15.0 Å². The number of nitrogens with two attached hydrogens (primary N) is 1. The SMILES string of the molecule is COc1cccc(C[NH+](C)CC(=O)NCCc2ccc(S(N)(=O)=O)cc2)c1. The summed E-state index contributed by atoms with van der Waals surface area (Å²) < 4.78 is 27.7. The molecule has 0 radical (unpaired) electrons. The molecule has 1 atom stereocenters. The number of carbonyl (C=O) groups excluding carboxylic acids is 1. The van der Waals surface area contributed by atoms with Gasteiger partial charge in [0.1, 0.15) is 12.3 Å². The summed E-state index contributed by atoms with van der Waals surface area (Å²) in [7, 11) is -0.0838. The van der Waals surface area contributed by atoms with Gasteiger partial charge in [-0.2, -0.15) is 0 Å². The molecule has 1 unspecified atom stereocenters. The van der Waals surface area contributed by atoms with E-state index in [4.69, 9.17) is 9.88 Å². The van der Waals surface area contributed by atoms with E-state index in [0.717, 1.165) is 28.3 Å². The maximum atomic E-state index is 12.1. The van der Waals surface area contributed by atoms with Crippen LogP contribution in [0.3, 0.4) is 0 Å². The molecule has 0 spiro atoms. The molecule has 0 fully saturated rings. The molecule has 0 aromatic heterocycles. The van der Waals surface area contributed by atoms with Crippen molar-refractivity contribution in [1.29, 1.82) is 0 Å². The van der Waals surface area contributed by atoms with Crippen LogP contribution in [0.15, 0.2) is 53.4 Å². The van der Waals surface area contributed by atoms with Crippen LogP contribution in [-0.4, -0.2) is 41.6 Å². The highest BCUT2D eigenvalue weighted by atomic mass is 32.2. The summed E-state index contributed by atoms with van der Waals surface area (Å²) in [5.41, 5.74) is 2.04. The molecule has 1 amide bonds. The highest BCUT2D eigenvalue weighted by Crippen LogP contribution is 2.11. The Morgan fingerprint density at radius 1 is 1.15 bits per heavy atom. The zero-order valence-electron chi connectivity index (χ0n) is 15.6. The maximum absolute atomic E-state index is 12.1. The van der Waals surface area contributed by atoms with Crippen molar-refractivity contribution in [2.75, 3.05) is 27.2 Å². The standard InChI is InChI=1S/C19H25N3O4S/c1-22(13-16-4-3-5-17(12-16)26-2)14-19(23)21-11-10-15-6-8-18(9-7-15)27(20,24)25/h3-9,12H,10-11,13-14H2,1-2H3,(H,21,23)(H2,20,24,25)/p+1. The van der Waals surface area contributed by atoms with E-state index in [1.165, 1.54) is 12.1 Å². The third-order valence-corrected chi connectivity index (χ3v) is 5.02. The van der Waals surface area contributed by atoms with Crippen LogP contribution >= 0.6 is 0 Å². The monoisotopic (exact) mass is 392 g/mol. The van der Waals surface area contributed by atoms with Gasteiger partial charge in [-0.3, -0.25) is 4.79 Å². The van der Waals surface area contributed by atoms with Crippen LogP contribution in [0.5, 0.6) is 5.75 Å². The van der Waals surface area contributed by atoms with E-state index >= 15 is 0 Å². The first-order valence-electron chi connectivity index (χ1n) is 8.60. The third-order valence-electron chi connectivity index (χ3n) is 4.09. The Kier molecular flexibility index (Phi) is 7.35. The van der Waals surface area contributed by atoms with Gasteiger partial charge in [0.2, 0.25) is 10.0 Å². The Labute approximate surface area is 160 Å². The molecule has 0 heterocycles. The van der Waals surface area contributed by atoms with E-state index in [1.54, 1.807) is 19.2 Å². The lowest BCUT2D eigenvalue weighted by atomic mass is 10.1. The highest BCUT2D eigenvalue weighted by Gasteiger charge is 2.11. The van der Waals surface area contributed by atoms with Gasteiger partial charge in [-0.1, -0.05) is 24.3 Å². The quantitative estimate of drug-likeness (QED) is 0.546. The molecule has 8 heteroatoms. The van der Waals surface area contributed by atoms with Crippen molar-refractivity contribution in [1.82, 2.24) is 5.32 Å². The fourth-order valence-corrected chi connectivity index (χ4v) is 3.24. The summed E-state index contributed by atoms with van der Waals surface area (Å²) in [6, 6.07) is 14.1. The first kappa shape index (κ1) is 20.9. The van der Waals surface area contributed by atoms with E-state index in [2.05, 4.69) is 5.32 Å². The van der Waals surface area contributed by atoms with Crippen molar-refractivity contribution in [2.24, 2.45) is 5.14 Å². The summed E-state index contributed by atoms with van der Waals surface area (Å²) in [5, 5.41) is 7.96. The average Bonchev–Trinajstić information content (AvgIpc) is 2.61. The molecule has 2 aromatic rings. The second-order valence-corrected chi connectivity index (χ2v) is 8.01. The zero-order chi connectivity index (χ0) is 19.9. The van der Waals surface area contributed by atoms with Crippen LogP contribution in [0.2, 0.25) is 0 Å². The van der Waals surface area contributed by atoms with Gasteiger partial charge in [0, 0.05) is 12.1 Å². The van der Waals surface area contributed by atoms with E-state index < -0.39 is 10.0 Å². The number of quaternary nitrogens is 1. The summed E-state index contributed by atoms with van der Waals surface area (Å²) >= 11 is 0. The fourth-order valence-electron chi connectivity index (χ4n) is 2.72. The second kappa shape index (κ2) is 9.50. The number of ether oxygens (including phenoxy) is 1. The van der Waals surface area contributed by atoms with E-state index in [0.29, 0.717) is 19.5 Å². The van der Waals surface area contributed by atoms with Gasteiger partial charge in [0.25, 0.3) is 5.91 Å². The van der Waals surface area contributed by atoms with Crippen LogP contribution in [0.1, 0.15) is 11.1 Å². The summed E-state index contributed by atoms with van der Waals surface area (Å²) in [6.45, 7) is 1.57. The molecule has 146 valence electrons. The van der Waals surface area contributed by atoms with E-state index in [-0.39, 0.29) is 10.8 Å². The van der Waals surface area contributed by atoms with Gasteiger partial charge in [0.15, 0.2) is 6.54 Å². The number of carbonyl (C=O) groups is 1. The Morgan fingerprint density at radius 2 is 1.85 bits per heavy atom. The molecule has 4 N–H and O–H groups in total. The minimum atomic E-state index is -3.68. The molecule has 0 saturated carbocycles. The molecular formula is C19H26N3O4S+. The number of benzene rings is 2. The smallest absolute Gasteiger partial charge is 0.275 e. The van der Waals surface area contributed by atoms with Crippen LogP contribution in [-0.2, 0) is 27.8 Å². The molecule has 0 saturated heterocycles. The predicted molar refractivity (Wildman–Crippen MR) is 103 cm³/mol. The van der Waals surface area contributed by atoms with Gasteiger partial charge in [-0.15, -0.1) is 0 Å². The number of primary sulfonamides is 1. The van der Waals surface area contributed by atoms with Crippen molar-refractivity contribution in [3.8, 4) is 5.75 Å². The average molecular weight is 393 g/mol. The first-order chi connectivity index (χ1) is 12.8. The van der Waals surface area contributed by atoms with E-state index in [1.807, 2.05) is 31.3 Å². The Morgan fingerprint density at radius 3 is 2.48 bits per heavy atom. The molecule has 0 bridgehead atoms. The second-order valence-electron chi connectivity index (χ2n) is 6.45. The van der Waals surface area contributed by atoms with Crippen molar-refractivity contribution < 1.29 is 22.8 Å². The number of hydrogen-bond acceptors (Lipinski definition) is 4.